The Morgan fingerprint density at radius 3 is 2.42 bits per heavy atom. The molecule has 3 aliphatic rings. The van der Waals surface area contributed by atoms with E-state index < -0.39 is 0 Å². The number of methoxy groups -OCH3 is 1. The van der Waals surface area contributed by atoms with Crippen LogP contribution in [0.15, 0.2) is 28.5 Å². The molecule has 0 aromatic heterocycles. The molecule has 0 spiro atoms. The van der Waals surface area contributed by atoms with E-state index in [0.29, 0.717) is 35.5 Å². The van der Waals surface area contributed by atoms with Crippen LogP contribution in [0.5, 0.6) is 5.75 Å². The number of halogens is 1. The number of nitrogens with one attached hydrogen (secondary N) is 1. The van der Waals surface area contributed by atoms with Gasteiger partial charge in [0.2, 0.25) is 5.91 Å². The Hall–Kier alpha value is -2.83. The second-order valence-electron chi connectivity index (χ2n) is 10.0. The zero-order chi connectivity index (χ0) is 27.5. The zero-order valence-electron chi connectivity index (χ0n) is 22.2. The maximum atomic E-state index is 11.7. The summed E-state index contributed by atoms with van der Waals surface area (Å²) in [5.41, 5.74) is 8.61. The van der Waals surface area contributed by atoms with Crippen LogP contribution >= 0.6 is 11.6 Å². The van der Waals surface area contributed by atoms with E-state index in [-0.39, 0.29) is 23.1 Å². The third-order valence-electron chi connectivity index (χ3n) is 5.65. The number of terminal acetylenes is 1. The van der Waals surface area contributed by atoms with Crippen molar-refractivity contribution in [2.75, 3.05) is 20.3 Å². The van der Waals surface area contributed by atoms with E-state index in [1.54, 1.807) is 24.1 Å². The summed E-state index contributed by atoms with van der Waals surface area (Å²) in [6.07, 6.45) is 11.6. The van der Waals surface area contributed by atoms with E-state index in [2.05, 4.69) is 33.3 Å². The van der Waals surface area contributed by atoms with Crippen molar-refractivity contribution in [3.8, 4) is 18.6 Å². The molecule has 9 nitrogen and oxygen atoms in total. The minimum atomic E-state index is -0.333. The fraction of sp³-hybridized carbons (Fsp3) is 0.615. The van der Waals surface area contributed by atoms with Gasteiger partial charge in [0.1, 0.15) is 11.4 Å². The number of nitrogens with zero attached hydrogens (tertiary/aromatic N) is 3. The molecule has 1 amide bonds. The van der Waals surface area contributed by atoms with E-state index in [9.17, 15) is 9.70 Å². The maximum Gasteiger partial charge on any atom is 0.231 e. The number of carbonyl (C=O) groups excluding carboxylic acids is 1. The van der Waals surface area contributed by atoms with E-state index in [4.69, 9.17) is 22.1 Å². The number of guanidine groups is 1. The van der Waals surface area contributed by atoms with Crippen LogP contribution in [0.2, 0.25) is 5.02 Å². The monoisotopic (exact) mass is 521 g/mol. The largest absolute Gasteiger partial charge is 0.487 e. The number of nitrogens with two attached hydrogens (primary N) is 1. The quantitative estimate of drug-likeness (QED) is 0.325. The molecule has 36 heavy (non-hydrogen) atoms. The normalized spacial score (nSPS) is 20.8. The Kier molecular flexibility index (Phi) is 12.2. The van der Waals surface area contributed by atoms with Crippen molar-refractivity contribution in [1.29, 1.82) is 0 Å². The summed E-state index contributed by atoms with van der Waals surface area (Å²) in [6.45, 7) is 11.4. The number of hydrogen-bond acceptors (Lipinski definition) is 7. The molecular formula is C26H40ClN5O4. The third kappa shape index (κ3) is 10.0. The summed E-state index contributed by atoms with van der Waals surface area (Å²) < 4.78 is 10.4. The average molecular weight is 522 g/mol. The van der Waals surface area contributed by atoms with Gasteiger partial charge in [-0.1, -0.05) is 17.7 Å². The molecule has 0 radical (unpaired) electrons. The van der Waals surface area contributed by atoms with Gasteiger partial charge in [-0.25, -0.2) is 4.99 Å². The topological polar surface area (TPSA) is 119 Å². The van der Waals surface area contributed by atoms with Gasteiger partial charge in [0.25, 0.3) is 0 Å². The minimum Gasteiger partial charge on any atom is -0.487 e. The molecule has 3 N–H and O–H groups in total. The summed E-state index contributed by atoms with van der Waals surface area (Å²) in [6, 6.07) is 5.28. The highest BCUT2D eigenvalue weighted by Gasteiger charge is 2.36. The molecule has 2 heterocycles. The van der Waals surface area contributed by atoms with E-state index >= 15 is 0 Å². The molecule has 1 aliphatic carbocycles. The lowest BCUT2D eigenvalue weighted by atomic mass is 9.90. The standard InChI is InChI=1S/C11H13ClN2O2.C10H17N3O.C3H8O.C2H2/c1-11(2)6-9(13-14-15)8-4-3-7(12)5-10(8)16-11;1-10(2)5-8(14)13(9(11)12-10)6-7-3-4-7;1-3-4-2;1-2/h3-5,9H,6H2,1-2H3,(H,13,15);7H,3-6H2,1-2H3,(H2,11,12);3H2,1-2H3;1-2H. The number of nitroso groups, excluding NO2 is 1. The third-order valence-corrected chi connectivity index (χ3v) is 5.88. The van der Waals surface area contributed by atoms with Crippen molar-refractivity contribution in [2.45, 2.75) is 77.5 Å². The lowest BCUT2D eigenvalue weighted by molar-refractivity contribution is -0.129. The smallest absolute Gasteiger partial charge is 0.231 e. The highest BCUT2D eigenvalue weighted by molar-refractivity contribution is 6.30. The molecule has 0 bridgehead atoms. The van der Waals surface area contributed by atoms with Crippen LogP contribution in [0.4, 0.5) is 0 Å². The summed E-state index contributed by atoms with van der Waals surface area (Å²) in [7, 11) is 1.68. The molecule has 1 aromatic rings. The predicted octanol–water partition coefficient (Wildman–Crippen LogP) is 4.84. The van der Waals surface area contributed by atoms with Gasteiger partial charge in [-0.15, -0.1) is 17.8 Å². The summed E-state index contributed by atoms with van der Waals surface area (Å²) in [5.74, 6) is 1.89. The van der Waals surface area contributed by atoms with Gasteiger partial charge < -0.3 is 15.2 Å². The predicted molar refractivity (Wildman–Crippen MR) is 145 cm³/mol. The van der Waals surface area contributed by atoms with Crippen LogP contribution in [-0.2, 0) is 9.53 Å². The van der Waals surface area contributed by atoms with E-state index in [0.717, 1.165) is 18.7 Å². The Morgan fingerprint density at radius 2 is 1.92 bits per heavy atom. The van der Waals surface area contributed by atoms with Crippen molar-refractivity contribution in [2.24, 2.45) is 21.9 Å². The minimum absolute atomic E-state index is 0.117. The molecule has 4 rings (SSSR count). The number of aliphatic imine (C=N–C) groups is 1. The molecule has 10 heteroatoms. The lowest BCUT2D eigenvalue weighted by Gasteiger charge is -2.36. The van der Waals surface area contributed by atoms with Crippen molar-refractivity contribution in [3.05, 3.63) is 33.7 Å². The van der Waals surface area contributed by atoms with Gasteiger partial charge >= 0.3 is 0 Å². The van der Waals surface area contributed by atoms with Crippen LogP contribution in [0.25, 0.3) is 0 Å². The average Bonchev–Trinajstić information content (AvgIpc) is 3.61. The fourth-order valence-corrected chi connectivity index (χ4v) is 3.92. The first-order valence-corrected chi connectivity index (χ1v) is 12.3. The van der Waals surface area contributed by atoms with Crippen LogP contribution < -0.4 is 15.9 Å². The molecule has 1 unspecified atom stereocenters. The van der Waals surface area contributed by atoms with Gasteiger partial charge in [0.05, 0.1) is 23.3 Å². The van der Waals surface area contributed by atoms with Gasteiger partial charge in [-0.05, 0) is 65.5 Å². The van der Waals surface area contributed by atoms with Gasteiger partial charge in [-0.2, -0.15) is 0 Å². The number of ether oxygens (including phenoxy) is 2. The first kappa shape index (κ1) is 31.2. The van der Waals surface area contributed by atoms with Crippen LogP contribution in [0, 0.1) is 23.7 Å². The first-order valence-electron chi connectivity index (χ1n) is 12.0. The molecular weight excluding hydrogens is 482 g/mol. The molecule has 0 saturated heterocycles. The summed E-state index contributed by atoms with van der Waals surface area (Å²) in [5, 5.41) is 3.38. The van der Waals surface area contributed by atoms with Crippen LogP contribution in [0.3, 0.4) is 0 Å². The van der Waals surface area contributed by atoms with Crippen molar-refractivity contribution < 1.29 is 14.3 Å². The van der Waals surface area contributed by atoms with E-state index in [1.165, 1.54) is 12.8 Å². The zero-order valence-corrected chi connectivity index (χ0v) is 23.0. The second-order valence-corrected chi connectivity index (χ2v) is 10.4. The number of hydrogen-bond donors (Lipinski definition) is 2. The SMILES string of the molecule is C#C.CC1(C)CC(=O)N(CC2CC2)C(N)=N1.CC1(C)CC(NN=O)c2ccc(Cl)cc2O1.CCOC. The molecule has 1 fully saturated rings. The Bertz CT molecular complexity index is 926. The molecule has 200 valence electrons. The van der Waals surface area contributed by atoms with Gasteiger partial charge in [0.15, 0.2) is 5.96 Å². The van der Waals surface area contributed by atoms with Crippen LogP contribution in [0.1, 0.15) is 71.9 Å². The van der Waals surface area contributed by atoms with Crippen molar-refractivity contribution >= 4 is 23.5 Å². The first-order chi connectivity index (χ1) is 16.9. The van der Waals surface area contributed by atoms with Crippen molar-refractivity contribution in [1.82, 2.24) is 10.3 Å². The van der Waals surface area contributed by atoms with Gasteiger partial charge in [0, 0.05) is 37.3 Å². The number of carbonyl (C=O) groups is 1. The molecule has 1 atom stereocenters. The highest BCUT2D eigenvalue weighted by atomic mass is 35.5. The maximum absolute atomic E-state index is 11.7. The summed E-state index contributed by atoms with van der Waals surface area (Å²) in [4.78, 5) is 28.1. The Labute approximate surface area is 220 Å². The summed E-state index contributed by atoms with van der Waals surface area (Å²) >= 11 is 5.91. The Balaban J connectivity index is 0.000000298. The van der Waals surface area contributed by atoms with Crippen molar-refractivity contribution in [3.63, 3.8) is 0 Å². The lowest BCUT2D eigenvalue weighted by Crippen LogP contribution is -2.50. The Morgan fingerprint density at radius 1 is 1.31 bits per heavy atom. The molecule has 1 aromatic carbocycles. The second kappa shape index (κ2) is 14.0. The highest BCUT2D eigenvalue weighted by Crippen LogP contribution is 2.40. The van der Waals surface area contributed by atoms with E-state index in [1.807, 2.05) is 40.7 Å². The fourth-order valence-electron chi connectivity index (χ4n) is 3.76. The number of amides is 1. The van der Waals surface area contributed by atoms with Crippen LogP contribution in [-0.4, -0.2) is 48.2 Å². The molecule has 1 saturated carbocycles. The number of benzene rings is 1. The number of fused-ring (bicyclic) bond motifs is 1. The number of rotatable bonds is 5. The molecule has 2 aliphatic heterocycles. The van der Waals surface area contributed by atoms with Gasteiger partial charge in [-0.3, -0.25) is 15.1 Å².